The summed E-state index contributed by atoms with van der Waals surface area (Å²) >= 11 is 0. The highest BCUT2D eigenvalue weighted by atomic mass is 33.1. The highest BCUT2D eigenvalue weighted by molar-refractivity contribution is 8.64. The minimum absolute atomic E-state index is 1.12. The minimum atomic E-state index is 1.12. The summed E-state index contributed by atoms with van der Waals surface area (Å²) in [6, 6.07) is 0. The molecule has 1 aliphatic heterocycles. The molecule has 0 amide bonds. The zero-order valence-corrected chi connectivity index (χ0v) is 4.17. The smallest absolute Gasteiger partial charge is 0.0420 e. The average Bonchev–Trinajstić information content (AvgIpc) is 1.76. The van der Waals surface area contributed by atoms with Gasteiger partial charge < -0.3 is 0 Å². The van der Waals surface area contributed by atoms with Crippen molar-refractivity contribution in [2.24, 2.45) is 4.36 Å². The predicted octanol–water partition coefficient (Wildman–Crippen LogP) is 1.12. The lowest BCUT2D eigenvalue weighted by molar-refractivity contribution is 1.69. The lowest BCUT2D eigenvalue weighted by Gasteiger charge is -1.57. The van der Waals surface area contributed by atoms with Crippen molar-refractivity contribution in [3.8, 4) is 0 Å². The van der Waals surface area contributed by atoms with E-state index in [0.29, 0.717) is 0 Å². The predicted molar refractivity (Wildman–Crippen MR) is 27.9 cm³/mol. The van der Waals surface area contributed by atoms with Crippen LogP contribution in [0.2, 0.25) is 0 Å². The second kappa shape index (κ2) is 1.62. The standard InChI is InChI=1S/C2H3NS2/c1-2-4-5-3-1/h1-2,5H. The molecule has 0 spiro atoms. The third kappa shape index (κ3) is 0.775. The van der Waals surface area contributed by atoms with Crippen LogP contribution < -0.4 is 0 Å². The van der Waals surface area contributed by atoms with Gasteiger partial charge in [0.1, 0.15) is 0 Å². The molecule has 0 aromatic carbocycles. The fraction of sp³-hybridized carbons (Fsp3) is 0. The van der Waals surface area contributed by atoms with Crippen LogP contribution in [-0.2, 0) is 10.6 Å². The molecule has 0 unspecified atom stereocenters. The highest BCUT2D eigenvalue weighted by Crippen LogP contribution is 2.06. The maximum atomic E-state index is 3.84. The fourth-order valence-electron chi connectivity index (χ4n) is 0.136. The second-order valence-corrected chi connectivity index (χ2v) is 2.59. The van der Waals surface area contributed by atoms with E-state index in [1.807, 2.05) is 11.6 Å². The lowest BCUT2D eigenvalue weighted by Crippen LogP contribution is -1.24. The Hall–Kier alpha value is 0.240. The van der Waals surface area contributed by atoms with Crippen molar-refractivity contribution in [3.05, 3.63) is 11.6 Å². The van der Waals surface area contributed by atoms with E-state index in [4.69, 9.17) is 0 Å². The molecule has 0 fully saturated rings. The molecule has 0 bridgehead atoms. The molecule has 0 aromatic heterocycles. The molecule has 1 rings (SSSR count). The van der Waals surface area contributed by atoms with E-state index >= 15 is 0 Å². The van der Waals surface area contributed by atoms with Crippen LogP contribution >= 0.6 is 10.8 Å². The van der Waals surface area contributed by atoms with Gasteiger partial charge in [-0.2, -0.15) is 0 Å². The van der Waals surface area contributed by atoms with E-state index in [9.17, 15) is 0 Å². The Morgan fingerprint density at radius 3 is 3.00 bits per heavy atom. The van der Waals surface area contributed by atoms with Crippen molar-refractivity contribution in [2.75, 3.05) is 0 Å². The van der Waals surface area contributed by atoms with Gasteiger partial charge in [-0.25, -0.2) is 4.36 Å². The Morgan fingerprint density at radius 2 is 2.80 bits per heavy atom. The first-order valence-electron chi connectivity index (χ1n) is 1.21. The maximum absolute atomic E-state index is 3.84. The average molecular weight is 105 g/mol. The Balaban J connectivity index is 2.61. The van der Waals surface area contributed by atoms with Crippen LogP contribution in [0.3, 0.4) is 0 Å². The van der Waals surface area contributed by atoms with Gasteiger partial charge in [-0.3, -0.25) is 0 Å². The van der Waals surface area contributed by atoms with E-state index in [1.165, 1.54) is 0 Å². The van der Waals surface area contributed by atoms with E-state index in [1.54, 1.807) is 10.8 Å². The number of hydrogen-bond donors (Lipinski definition) is 1. The second-order valence-electron chi connectivity index (χ2n) is 0.588. The summed E-state index contributed by atoms with van der Waals surface area (Å²) in [5, 5.41) is 1.97. The first-order chi connectivity index (χ1) is 2.50. The summed E-state index contributed by atoms with van der Waals surface area (Å²) in [6.45, 7) is 0. The topological polar surface area (TPSA) is 12.4 Å². The van der Waals surface area contributed by atoms with Gasteiger partial charge in [-0.05, 0) is 10.6 Å². The van der Waals surface area contributed by atoms with Gasteiger partial charge in [0.25, 0.3) is 0 Å². The summed E-state index contributed by atoms with van der Waals surface area (Å²) in [5.74, 6) is 0. The van der Waals surface area contributed by atoms with Crippen LogP contribution in [0.5, 0.6) is 0 Å². The maximum Gasteiger partial charge on any atom is 0.0420 e. The lowest BCUT2D eigenvalue weighted by atomic mass is 11.1. The molecule has 0 N–H and O–H groups in total. The number of thiol groups is 1. The van der Waals surface area contributed by atoms with Crippen LogP contribution in [-0.4, -0.2) is 0 Å². The fourth-order valence-corrected chi connectivity index (χ4v) is 1.22. The zero-order chi connectivity index (χ0) is 3.54. The van der Waals surface area contributed by atoms with Gasteiger partial charge in [-0.15, -0.1) is 0 Å². The van der Waals surface area contributed by atoms with Crippen molar-refractivity contribution >= 4 is 21.4 Å². The van der Waals surface area contributed by atoms with Crippen LogP contribution in [0.1, 0.15) is 0 Å². The first kappa shape index (κ1) is 3.43. The van der Waals surface area contributed by atoms with E-state index < -0.39 is 0 Å². The van der Waals surface area contributed by atoms with Crippen LogP contribution in [0.15, 0.2) is 16.0 Å². The van der Waals surface area contributed by atoms with E-state index in [2.05, 4.69) is 4.36 Å². The monoisotopic (exact) mass is 105 g/mol. The summed E-state index contributed by atoms with van der Waals surface area (Å²) in [7, 11) is 2.82. The molecule has 5 heavy (non-hydrogen) atoms. The molecule has 0 aliphatic carbocycles. The molecule has 0 saturated heterocycles. The number of hydrogen-bond acceptors (Lipinski definition) is 2. The Labute approximate surface area is 38.0 Å². The Kier molecular flexibility index (Phi) is 1.11. The number of nitrogens with zero attached hydrogens (tertiary/aromatic N) is 1. The molecule has 3 heteroatoms. The van der Waals surface area contributed by atoms with Gasteiger partial charge in [-0.1, -0.05) is 10.8 Å². The quantitative estimate of drug-likeness (QED) is 0.359. The molecule has 1 heterocycles. The Bertz CT molecular complexity index is 65.7. The van der Waals surface area contributed by atoms with Crippen LogP contribution in [0.4, 0.5) is 0 Å². The largest absolute Gasteiger partial charge is 0.228 e. The Morgan fingerprint density at radius 1 is 1.80 bits per heavy atom. The van der Waals surface area contributed by atoms with Crippen molar-refractivity contribution < 1.29 is 0 Å². The molecule has 0 radical (unpaired) electrons. The van der Waals surface area contributed by atoms with Gasteiger partial charge in [0, 0.05) is 11.6 Å². The molecule has 28 valence electrons. The molecule has 0 atom stereocenters. The van der Waals surface area contributed by atoms with Crippen LogP contribution in [0, 0.1) is 0 Å². The van der Waals surface area contributed by atoms with Crippen molar-refractivity contribution in [1.29, 1.82) is 0 Å². The third-order valence-corrected chi connectivity index (χ3v) is 1.78. The SMILES string of the molecule is C1=CS[SH]=N1. The van der Waals surface area contributed by atoms with Gasteiger partial charge >= 0.3 is 0 Å². The van der Waals surface area contributed by atoms with Crippen LogP contribution in [0.25, 0.3) is 0 Å². The molecular weight excluding hydrogens is 102 g/mol. The summed E-state index contributed by atoms with van der Waals surface area (Å²) in [5.41, 5.74) is 0. The highest BCUT2D eigenvalue weighted by Gasteiger charge is 1.72. The van der Waals surface area contributed by atoms with Crippen molar-refractivity contribution in [1.82, 2.24) is 0 Å². The van der Waals surface area contributed by atoms with Crippen molar-refractivity contribution in [3.63, 3.8) is 0 Å². The summed E-state index contributed by atoms with van der Waals surface area (Å²) < 4.78 is 3.84. The third-order valence-electron chi connectivity index (χ3n) is 0.283. The summed E-state index contributed by atoms with van der Waals surface area (Å²) in [4.78, 5) is 0. The normalized spacial score (nSPS) is 19.2. The number of rotatable bonds is 0. The van der Waals surface area contributed by atoms with Gasteiger partial charge in [0.2, 0.25) is 0 Å². The molecule has 0 aromatic rings. The zero-order valence-electron chi connectivity index (χ0n) is 2.46. The van der Waals surface area contributed by atoms with E-state index in [-0.39, 0.29) is 0 Å². The van der Waals surface area contributed by atoms with Gasteiger partial charge in [0.15, 0.2) is 0 Å². The van der Waals surface area contributed by atoms with Crippen molar-refractivity contribution in [2.45, 2.75) is 0 Å². The summed E-state index contributed by atoms with van der Waals surface area (Å²) in [6.07, 6.45) is 1.81. The molecule has 1 nitrogen and oxygen atoms in total. The molecular formula is C2H3NS2. The first-order valence-corrected chi connectivity index (χ1v) is 3.54. The molecule has 0 saturated carbocycles. The minimum Gasteiger partial charge on any atom is -0.228 e. The van der Waals surface area contributed by atoms with Gasteiger partial charge in [0.05, 0.1) is 0 Å². The van der Waals surface area contributed by atoms with E-state index in [0.717, 1.165) is 10.6 Å². The molecule has 1 aliphatic rings.